The Balaban J connectivity index is 0.000001000. The summed E-state index contributed by atoms with van der Waals surface area (Å²) in [7, 11) is 1.68. The van der Waals surface area contributed by atoms with Crippen molar-refractivity contribution >= 4 is 22.6 Å². The predicted molar refractivity (Wildman–Crippen MR) is 47.8 cm³/mol. The van der Waals surface area contributed by atoms with Gasteiger partial charge < -0.3 is 9.47 Å². The van der Waals surface area contributed by atoms with Crippen LogP contribution in [0.5, 0.6) is 0 Å². The number of ether oxygens (including phenoxy) is 2. The van der Waals surface area contributed by atoms with Crippen molar-refractivity contribution < 1.29 is 40.6 Å². The Hall–Kier alpha value is 1.28. The van der Waals surface area contributed by atoms with E-state index in [1.54, 1.807) is 13.7 Å². The van der Waals surface area contributed by atoms with Crippen molar-refractivity contribution in [1.82, 2.24) is 0 Å². The van der Waals surface area contributed by atoms with Crippen molar-refractivity contribution in [2.45, 2.75) is 13.0 Å². The number of alkyl halides is 1. The third-order valence-corrected chi connectivity index (χ3v) is 2.27. The van der Waals surface area contributed by atoms with Gasteiger partial charge in [-0.2, -0.15) is 0 Å². The van der Waals surface area contributed by atoms with Crippen LogP contribution in [0.15, 0.2) is 11.3 Å². The molecule has 0 amide bonds. The second-order valence-corrected chi connectivity index (χ2v) is 2.91. The van der Waals surface area contributed by atoms with Gasteiger partial charge in [-0.3, -0.25) is 0 Å². The molecule has 0 aromatic rings. The van der Waals surface area contributed by atoms with E-state index in [0.29, 0.717) is 0 Å². The smallest absolute Gasteiger partial charge is 0.0693 e. The zero-order valence-electron chi connectivity index (χ0n) is 6.56. The predicted octanol–water partition coefficient (Wildman–Crippen LogP) is 1.90. The first-order valence-electron chi connectivity index (χ1n) is 3.08. The van der Waals surface area contributed by atoms with Crippen LogP contribution in [0.1, 0.15) is 6.92 Å². The van der Waals surface area contributed by atoms with Crippen molar-refractivity contribution in [3.8, 4) is 0 Å². The molecule has 11 heavy (non-hydrogen) atoms. The van der Waals surface area contributed by atoms with E-state index in [4.69, 9.17) is 9.47 Å². The van der Waals surface area contributed by atoms with Crippen LogP contribution in [-0.4, -0.2) is 17.6 Å². The third-order valence-electron chi connectivity index (χ3n) is 1.58. The van der Waals surface area contributed by atoms with Gasteiger partial charge in [0.05, 0.1) is 10.2 Å². The Labute approximate surface area is 105 Å². The first-order valence-corrected chi connectivity index (χ1v) is 4.60. The summed E-state index contributed by atoms with van der Waals surface area (Å²) in [5.74, 6) is 1.03. The maximum atomic E-state index is 5.24. The molecule has 0 radical (unpaired) electrons. The minimum atomic E-state index is 0. The van der Waals surface area contributed by atoms with Gasteiger partial charge in [-0.1, -0.05) is 22.6 Å². The van der Waals surface area contributed by atoms with Crippen molar-refractivity contribution in [3.63, 3.8) is 0 Å². The molecule has 62 valence electrons. The SMILES string of the molecule is COC1[CH-]OC(CI)=C1C.[U]. The number of halogens is 1. The number of hydrogen-bond acceptors (Lipinski definition) is 2. The number of hydrogen-bond donors (Lipinski definition) is 0. The molecule has 1 aliphatic heterocycles. The van der Waals surface area contributed by atoms with E-state index in [2.05, 4.69) is 22.6 Å². The maximum Gasteiger partial charge on any atom is 0.0693 e. The summed E-state index contributed by atoms with van der Waals surface area (Å²) in [6.07, 6.45) is 0.0739. The summed E-state index contributed by atoms with van der Waals surface area (Å²) in [6.45, 7) is 3.76. The van der Waals surface area contributed by atoms with Crippen LogP contribution in [0, 0.1) is 37.7 Å². The molecule has 0 bridgehead atoms. The number of allylic oxidation sites excluding steroid dienone is 1. The van der Waals surface area contributed by atoms with Crippen LogP contribution in [0.3, 0.4) is 0 Å². The van der Waals surface area contributed by atoms with Gasteiger partial charge >= 0.3 is 0 Å². The van der Waals surface area contributed by atoms with Crippen molar-refractivity contribution in [2.75, 3.05) is 11.5 Å². The van der Waals surface area contributed by atoms with Crippen LogP contribution in [-0.2, 0) is 9.47 Å². The van der Waals surface area contributed by atoms with Crippen molar-refractivity contribution in [1.29, 1.82) is 0 Å². The molecule has 0 saturated carbocycles. The van der Waals surface area contributed by atoms with E-state index in [1.807, 2.05) is 6.92 Å². The molecule has 1 heterocycles. The molecule has 1 aliphatic rings. The fourth-order valence-electron chi connectivity index (χ4n) is 0.867. The van der Waals surface area contributed by atoms with Gasteiger partial charge in [-0.05, 0) is 18.6 Å². The monoisotopic (exact) mass is 491 g/mol. The second kappa shape index (κ2) is 5.85. The van der Waals surface area contributed by atoms with Gasteiger partial charge in [-0.25, -0.2) is 0 Å². The fraction of sp³-hybridized carbons (Fsp3) is 0.571. The van der Waals surface area contributed by atoms with E-state index in [9.17, 15) is 0 Å². The maximum absolute atomic E-state index is 5.24. The minimum Gasteiger partial charge on any atom is -0.662 e. The van der Waals surface area contributed by atoms with E-state index < -0.39 is 0 Å². The molecule has 0 saturated heterocycles. The van der Waals surface area contributed by atoms with Gasteiger partial charge in [0.2, 0.25) is 0 Å². The molecule has 0 aromatic heterocycles. The summed E-state index contributed by atoms with van der Waals surface area (Å²) < 4.78 is 11.3. The Bertz CT molecular complexity index is 159. The van der Waals surface area contributed by atoms with Crippen LogP contribution in [0.2, 0.25) is 0 Å². The molecule has 4 heteroatoms. The molecule has 0 N–H and O–H groups in total. The van der Waals surface area contributed by atoms with E-state index in [-0.39, 0.29) is 37.2 Å². The molecule has 0 spiro atoms. The molecule has 1 rings (SSSR count). The Morgan fingerprint density at radius 2 is 2.36 bits per heavy atom. The summed E-state index contributed by atoms with van der Waals surface area (Å²) in [5, 5.41) is 0. The molecular weight excluding hydrogens is 481 g/mol. The van der Waals surface area contributed by atoms with Crippen LogP contribution >= 0.6 is 22.6 Å². The summed E-state index contributed by atoms with van der Waals surface area (Å²) in [5.41, 5.74) is 1.19. The van der Waals surface area contributed by atoms with E-state index in [1.165, 1.54) is 5.57 Å². The molecule has 2 nitrogen and oxygen atoms in total. The van der Waals surface area contributed by atoms with Gasteiger partial charge in [-0.15, -0.1) is 6.61 Å². The molecule has 1 atom stereocenters. The Kier molecular flexibility index (Phi) is 6.53. The van der Waals surface area contributed by atoms with Gasteiger partial charge in [0.1, 0.15) is 0 Å². The normalized spacial score (nSPS) is 23.0. The van der Waals surface area contributed by atoms with Crippen LogP contribution in [0.25, 0.3) is 0 Å². The van der Waals surface area contributed by atoms with Gasteiger partial charge in [0.25, 0.3) is 0 Å². The van der Waals surface area contributed by atoms with Crippen LogP contribution < -0.4 is 0 Å². The first-order chi connectivity index (χ1) is 4.79. The van der Waals surface area contributed by atoms with Gasteiger partial charge in [0.15, 0.2) is 0 Å². The Morgan fingerprint density at radius 3 is 2.64 bits per heavy atom. The van der Waals surface area contributed by atoms with Crippen molar-refractivity contribution in [2.24, 2.45) is 0 Å². The van der Waals surface area contributed by atoms with E-state index in [0.717, 1.165) is 10.2 Å². The zero-order valence-corrected chi connectivity index (χ0v) is 12.9. The number of rotatable bonds is 2. The zero-order chi connectivity index (χ0) is 7.56. The van der Waals surface area contributed by atoms with Crippen molar-refractivity contribution in [3.05, 3.63) is 17.9 Å². The van der Waals surface area contributed by atoms with Crippen LogP contribution in [0.4, 0.5) is 0 Å². The Morgan fingerprint density at radius 1 is 1.73 bits per heavy atom. The average Bonchev–Trinajstić information content (AvgIpc) is 2.30. The van der Waals surface area contributed by atoms with Gasteiger partial charge in [0, 0.05) is 38.2 Å². The molecule has 1 unspecified atom stereocenters. The average molecular weight is 491 g/mol. The van der Waals surface area contributed by atoms with E-state index >= 15 is 0 Å². The summed E-state index contributed by atoms with van der Waals surface area (Å²) in [6, 6.07) is 0. The largest absolute Gasteiger partial charge is 0.662 e. The third kappa shape index (κ3) is 2.91. The fourth-order valence-corrected chi connectivity index (χ4v) is 1.65. The molecule has 0 aliphatic carbocycles. The quantitative estimate of drug-likeness (QED) is 0.334. The number of methoxy groups -OCH3 is 1. The second-order valence-electron chi connectivity index (χ2n) is 2.15. The molecule has 0 fully saturated rings. The topological polar surface area (TPSA) is 18.5 Å². The standard InChI is InChI=1S/C7H10IO2.U/c1-5-6(3-8)10-4-7(5)9-2;/h4,7H,3H2,1-2H3;/q-1;. The first kappa shape index (κ1) is 12.3. The molecular formula is C7H10IO2U-. The molecule has 0 aromatic carbocycles. The summed E-state index contributed by atoms with van der Waals surface area (Å²) >= 11 is 2.27. The minimum absolute atomic E-state index is 0. The summed E-state index contributed by atoms with van der Waals surface area (Å²) in [4.78, 5) is 0.